The summed E-state index contributed by atoms with van der Waals surface area (Å²) in [5, 5.41) is 1.05. The fraction of sp³-hybridized carbons (Fsp3) is 0.154. The Balaban J connectivity index is 1.39. The molecule has 0 atom stereocenters. The van der Waals surface area contributed by atoms with Crippen molar-refractivity contribution in [1.82, 2.24) is 23.7 Å². The van der Waals surface area contributed by atoms with Gasteiger partial charge in [-0.3, -0.25) is 18.5 Å². The van der Waals surface area contributed by atoms with Crippen molar-refractivity contribution in [3.63, 3.8) is 0 Å². The van der Waals surface area contributed by atoms with E-state index in [1.54, 1.807) is 41.0 Å². The Morgan fingerprint density at radius 3 is 2.27 bits per heavy atom. The van der Waals surface area contributed by atoms with Crippen LogP contribution in [0.3, 0.4) is 0 Å². The molecule has 0 bridgehead atoms. The van der Waals surface area contributed by atoms with Gasteiger partial charge in [-0.25, -0.2) is 9.78 Å². The quantitative estimate of drug-likeness (QED) is 0.262. The van der Waals surface area contributed by atoms with Crippen LogP contribution >= 0.6 is 34.8 Å². The third-order valence-electron chi connectivity index (χ3n) is 6.20. The van der Waals surface area contributed by atoms with E-state index in [1.807, 2.05) is 0 Å². The van der Waals surface area contributed by atoms with Crippen molar-refractivity contribution in [1.29, 1.82) is 0 Å². The molecule has 0 N–H and O–H groups in total. The molecule has 0 saturated carbocycles. The molecule has 0 amide bonds. The first-order chi connectivity index (χ1) is 19.2. The molecular formula is C26H18Cl3N5O6. The van der Waals surface area contributed by atoms with Gasteiger partial charge in [-0.2, -0.15) is 4.98 Å². The summed E-state index contributed by atoms with van der Waals surface area (Å²) in [6.07, 6.45) is 1.43. The summed E-state index contributed by atoms with van der Waals surface area (Å²) in [5.74, 6) is 2.08. The lowest BCUT2D eigenvalue weighted by molar-refractivity contribution is 0.174. The second-order valence-corrected chi connectivity index (χ2v) is 10.0. The minimum atomic E-state index is -0.534. The van der Waals surface area contributed by atoms with Crippen LogP contribution < -0.4 is 30.2 Å². The Kier molecular flexibility index (Phi) is 6.57. The number of pyridine rings is 1. The number of fused-ring (bicyclic) bond motifs is 2. The predicted octanol–water partition coefficient (Wildman–Crippen LogP) is 5.15. The van der Waals surface area contributed by atoms with E-state index in [-0.39, 0.29) is 41.4 Å². The van der Waals surface area contributed by atoms with E-state index in [0.29, 0.717) is 38.6 Å². The first-order valence-corrected chi connectivity index (χ1v) is 12.8. The molecule has 0 unspecified atom stereocenters. The van der Waals surface area contributed by atoms with Gasteiger partial charge in [0.25, 0.3) is 5.56 Å². The minimum Gasteiger partial charge on any atom is -0.454 e. The highest BCUT2D eigenvalue weighted by atomic mass is 35.5. The molecule has 40 heavy (non-hydrogen) atoms. The average molecular weight is 603 g/mol. The van der Waals surface area contributed by atoms with Crippen molar-refractivity contribution in [3.8, 4) is 34.9 Å². The number of ether oxygens (including phenoxy) is 4. The summed E-state index contributed by atoms with van der Waals surface area (Å²) in [6, 6.07) is 11.6. The zero-order valence-corrected chi connectivity index (χ0v) is 23.1. The Morgan fingerprint density at radius 2 is 1.57 bits per heavy atom. The van der Waals surface area contributed by atoms with Crippen molar-refractivity contribution in [2.24, 2.45) is 14.1 Å². The Morgan fingerprint density at radius 1 is 0.900 bits per heavy atom. The summed E-state index contributed by atoms with van der Waals surface area (Å²) >= 11 is 18.6. The summed E-state index contributed by atoms with van der Waals surface area (Å²) in [4.78, 5) is 34.4. The summed E-state index contributed by atoms with van der Waals surface area (Å²) in [5.41, 5.74) is -0.110. The molecule has 4 heterocycles. The van der Waals surface area contributed by atoms with Crippen LogP contribution in [0.5, 0.6) is 34.9 Å². The monoisotopic (exact) mass is 601 g/mol. The Bertz CT molecular complexity index is 1920. The number of nitrogens with zero attached hydrogens (tertiary/aromatic N) is 5. The lowest BCUT2D eigenvalue weighted by atomic mass is 10.2. The van der Waals surface area contributed by atoms with Gasteiger partial charge in [0.05, 0.1) is 11.6 Å². The van der Waals surface area contributed by atoms with Crippen LogP contribution in [-0.4, -0.2) is 30.5 Å². The molecule has 2 aromatic carbocycles. The van der Waals surface area contributed by atoms with Gasteiger partial charge in [0.2, 0.25) is 12.7 Å². The molecule has 11 nitrogen and oxygen atoms in total. The molecule has 14 heteroatoms. The third-order valence-corrected chi connectivity index (χ3v) is 7.03. The van der Waals surface area contributed by atoms with Gasteiger partial charge in [-0.15, -0.1) is 0 Å². The lowest BCUT2D eigenvalue weighted by Crippen LogP contribution is -2.37. The van der Waals surface area contributed by atoms with Gasteiger partial charge in [0.15, 0.2) is 22.7 Å². The van der Waals surface area contributed by atoms with Gasteiger partial charge in [0.1, 0.15) is 16.5 Å². The number of aromatic nitrogens is 5. The molecule has 3 aromatic heterocycles. The number of benzene rings is 2. The molecule has 0 aliphatic carbocycles. The smallest absolute Gasteiger partial charge is 0.332 e. The fourth-order valence-corrected chi connectivity index (χ4v) is 4.80. The maximum absolute atomic E-state index is 13.2. The predicted molar refractivity (Wildman–Crippen MR) is 148 cm³/mol. The van der Waals surface area contributed by atoms with Crippen LogP contribution in [0, 0.1) is 0 Å². The number of rotatable bonds is 6. The summed E-state index contributed by atoms with van der Waals surface area (Å²) in [6.45, 7) is 0.177. The van der Waals surface area contributed by atoms with Gasteiger partial charge in [-0.1, -0.05) is 34.8 Å². The van der Waals surface area contributed by atoms with Crippen LogP contribution in [0.2, 0.25) is 15.1 Å². The molecular weight excluding hydrogens is 585 g/mol. The molecule has 5 aromatic rings. The first-order valence-electron chi connectivity index (χ1n) is 11.7. The number of imidazole rings is 1. The molecule has 0 spiro atoms. The SMILES string of the molecule is Cn1c(=O)c2c(nc(Oc3ccc(Oc4ncc(Cl)cc4Cl)cc3)n2Cc2cc3c(cc2Cl)OCO3)n(C)c1=O. The lowest BCUT2D eigenvalue weighted by Gasteiger charge is -2.12. The molecule has 204 valence electrons. The van der Waals surface area contributed by atoms with E-state index in [0.717, 1.165) is 4.57 Å². The van der Waals surface area contributed by atoms with E-state index in [4.69, 9.17) is 53.8 Å². The van der Waals surface area contributed by atoms with E-state index in [1.165, 1.54) is 30.9 Å². The van der Waals surface area contributed by atoms with Crippen molar-refractivity contribution < 1.29 is 18.9 Å². The van der Waals surface area contributed by atoms with E-state index in [9.17, 15) is 9.59 Å². The molecule has 1 aliphatic rings. The van der Waals surface area contributed by atoms with Crippen molar-refractivity contribution in [2.75, 3.05) is 6.79 Å². The van der Waals surface area contributed by atoms with E-state index in [2.05, 4.69) is 9.97 Å². The highest BCUT2D eigenvalue weighted by molar-refractivity contribution is 6.35. The molecule has 0 radical (unpaired) electrons. The van der Waals surface area contributed by atoms with Gasteiger partial charge < -0.3 is 18.9 Å². The third kappa shape index (κ3) is 4.61. The zero-order valence-electron chi connectivity index (χ0n) is 20.9. The van der Waals surface area contributed by atoms with Crippen molar-refractivity contribution in [3.05, 3.63) is 90.1 Å². The minimum absolute atomic E-state index is 0.0677. The second kappa shape index (κ2) is 10.1. The standard InChI is InChI=1S/C26H18Cl3N5O6/c1-32-22-21(24(35)33(2)26(32)36)34(11-13-7-19-20(9-17(13)28)38-12-37-19)25(31-22)40-16-5-3-15(4-6-16)39-23-18(29)8-14(27)10-30-23/h3-10H,11-12H2,1-2H3. The molecule has 1 aliphatic heterocycles. The van der Waals surface area contributed by atoms with Gasteiger partial charge in [0, 0.05) is 31.4 Å². The number of hydrogen-bond donors (Lipinski definition) is 0. The van der Waals surface area contributed by atoms with E-state index >= 15 is 0 Å². The number of aryl methyl sites for hydroxylation is 1. The summed E-state index contributed by atoms with van der Waals surface area (Å²) < 4.78 is 26.6. The molecule has 0 fully saturated rings. The van der Waals surface area contributed by atoms with Gasteiger partial charge in [-0.05, 0) is 42.0 Å². The Hall–Kier alpha value is -4.19. The maximum atomic E-state index is 13.2. The van der Waals surface area contributed by atoms with Crippen molar-refractivity contribution in [2.45, 2.75) is 6.54 Å². The average Bonchev–Trinajstić information content (AvgIpc) is 3.53. The van der Waals surface area contributed by atoms with Crippen LogP contribution in [0.25, 0.3) is 11.2 Å². The Labute approximate surface area is 240 Å². The normalized spacial score (nSPS) is 12.2. The number of halogens is 3. The molecule has 6 rings (SSSR count). The van der Waals surface area contributed by atoms with Crippen LogP contribution in [-0.2, 0) is 20.6 Å². The zero-order chi connectivity index (χ0) is 28.1. The first kappa shape index (κ1) is 26.1. The highest BCUT2D eigenvalue weighted by Gasteiger charge is 2.23. The largest absolute Gasteiger partial charge is 0.454 e. The topological polar surface area (TPSA) is 112 Å². The fourth-order valence-electron chi connectivity index (χ4n) is 4.17. The molecule has 0 saturated heterocycles. The second-order valence-electron chi connectivity index (χ2n) is 8.77. The number of hydrogen-bond acceptors (Lipinski definition) is 8. The van der Waals surface area contributed by atoms with Crippen molar-refractivity contribution >= 4 is 46.0 Å². The van der Waals surface area contributed by atoms with Crippen LogP contribution in [0.1, 0.15) is 5.56 Å². The van der Waals surface area contributed by atoms with Crippen LogP contribution in [0.4, 0.5) is 0 Å². The summed E-state index contributed by atoms with van der Waals surface area (Å²) in [7, 11) is 2.93. The maximum Gasteiger partial charge on any atom is 0.332 e. The van der Waals surface area contributed by atoms with E-state index < -0.39 is 11.2 Å². The van der Waals surface area contributed by atoms with Crippen LogP contribution in [0.15, 0.2) is 58.3 Å². The van der Waals surface area contributed by atoms with Gasteiger partial charge >= 0.3 is 11.7 Å². The highest BCUT2D eigenvalue weighted by Crippen LogP contribution is 2.38.